The average molecular weight is 238 g/mol. The third-order valence-electron chi connectivity index (χ3n) is 4.93. The quantitative estimate of drug-likeness (QED) is 0.492. The maximum Gasteiger partial charge on any atom is -0.0354 e. The molecule has 2 atom stereocenters. The predicted octanol–water partition coefficient (Wildman–Crippen LogP) is 5.91. The lowest BCUT2D eigenvalue weighted by molar-refractivity contribution is 0.112. The molecular formula is C17H34. The number of hydrogen-bond acceptors (Lipinski definition) is 0. The van der Waals surface area contributed by atoms with Gasteiger partial charge in [-0.05, 0) is 54.3 Å². The van der Waals surface area contributed by atoms with Gasteiger partial charge >= 0.3 is 0 Å². The SMILES string of the molecule is CC1CC(C(C)(C)C)CCCC(C(C)(C)C)C1. The zero-order valence-electron chi connectivity index (χ0n) is 13.3. The van der Waals surface area contributed by atoms with Crippen molar-refractivity contribution in [3.05, 3.63) is 0 Å². The lowest BCUT2D eigenvalue weighted by atomic mass is 9.66. The molecule has 0 aliphatic heterocycles. The highest BCUT2D eigenvalue weighted by Gasteiger charge is 2.32. The molecule has 102 valence electrons. The van der Waals surface area contributed by atoms with Gasteiger partial charge in [0.05, 0.1) is 0 Å². The summed E-state index contributed by atoms with van der Waals surface area (Å²) in [5.41, 5.74) is 1.01. The van der Waals surface area contributed by atoms with Crippen molar-refractivity contribution < 1.29 is 0 Å². The molecule has 0 aromatic rings. The Morgan fingerprint density at radius 1 is 0.706 bits per heavy atom. The smallest absolute Gasteiger partial charge is 0.0354 e. The van der Waals surface area contributed by atoms with Gasteiger partial charge in [0.15, 0.2) is 0 Å². The Morgan fingerprint density at radius 2 is 1.06 bits per heavy atom. The van der Waals surface area contributed by atoms with E-state index in [-0.39, 0.29) is 0 Å². The van der Waals surface area contributed by atoms with E-state index in [9.17, 15) is 0 Å². The number of rotatable bonds is 0. The summed E-state index contributed by atoms with van der Waals surface area (Å²) in [5, 5.41) is 0. The van der Waals surface area contributed by atoms with Gasteiger partial charge < -0.3 is 0 Å². The molecule has 1 saturated carbocycles. The Bertz CT molecular complexity index is 201. The molecule has 0 N–H and O–H groups in total. The van der Waals surface area contributed by atoms with E-state index < -0.39 is 0 Å². The Balaban J connectivity index is 2.65. The highest BCUT2D eigenvalue weighted by atomic mass is 14.4. The van der Waals surface area contributed by atoms with Gasteiger partial charge in [-0.1, -0.05) is 54.9 Å². The molecule has 0 heterocycles. The summed E-state index contributed by atoms with van der Waals surface area (Å²) in [6.45, 7) is 17.0. The molecule has 0 saturated heterocycles. The van der Waals surface area contributed by atoms with Gasteiger partial charge in [-0.3, -0.25) is 0 Å². The van der Waals surface area contributed by atoms with E-state index >= 15 is 0 Å². The molecule has 1 aliphatic carbocycles. The minimum absolute atomic E-state index is 0.503. The third-order valence-corrected chi connectivity index (χ3v) is 4.93. The monoisotopic (exact) mass is 238 g/mol. The van der Waals surface area contributed by atoms with Crippen molar-refractivity contribution in [1.29, 1.82) is 0 Å². The van der Waals surface area contributed by atoms with E-state index in [0.717, 1.165) is 17.8 Å². The Labute approximate surface area is 110 Å². The summed E-state index contributed by atoms with van der Waals surface area (Å²) >= 11 is 0. The zero-order valence-corrected chi connectivity index (χ0v) is 13.3. The first-order valence-corrected chi connectivity index (χ1v) is 7.60. The van der Waals surface area contributed by atoms with Gasteiger partial charge in [-0.2, -0.15) is 0 Å². The van der Waals surface area contributed by atoms with Crippen molar-refractivity contribution >= 4 is 0 Å². The van der Waals surface area contributed by atoms with Crippen molar-refractivity contribution in [3.63, 3.8) is 0 Å². The first-order chi connectivity index (χ1) is 7.60. The van der Waals surface area contributed by atoms with E-state index in [4.69, 9.17) is 0 Å². The van der Waals surface area contributed by atoms with Crippen LogP contribution in [-0.4, -0.2) is 0 Å². The second-order valence-corrected chi connectivity index (χ2v) is 8.63. The summed E-state index contributed by atoms with van der Waals surface area (Å²) in [4.78, 5) is 0. The summed E-state index contributed by atoms with van der Waals surface area (Å²) in [7, 11) is 0. The molecule has 0 spiro atoms. The van der Waals surface area contributed by atoms with E-state index in [1.54, 1.807) is 0 Å². The Hall–Kier alpha value is 0. The molecule has 0 radical (unpaired) electrons. The van der Waals surface area contributed by atoms with Gasteiger partial charge in [0, 0.05) is 0 Å². The molecule has 0 heteroatoms. The molecule has 0 aromatic heterocycles. The van der Waals surface area contributed by atoms with Crippen LogP contribution in [0.1, 0.15) is 80.6 Å². The van der Waals surface area contributed by atoms with E-state index in [1.165, 1.54) is 32.1 Å². The van der Waals surface area contributed by atoms with Gasteiger partial charge in [-0.25, -0.2) is 0 Å². The molecule has 1 rings (SSSR count). The predicted molar refractivity (Wildman–Crippen MR) is 78.1 cm³/mol. The molecule has 1 fully saturated rings. The lowest BCUT2D eigenvalue weighted by Gasteiger charge is -2.40. The topological polar surface area (TPSA) is 0 Å². The summed E-state index contributed by atoms with van der Waals surface area (Å²) in [6.07, 6.45) is 7.21. The van der Waals surface area contributed by atoms with Crippen LogP contribution in [0.5, 0.6) is 0 Å². The molecule has 1 aliphatic rings. The third kappa shape index (κ3) is 4.64. The van der Waals surface area contributed by atoms with Gasteiger partial charge in [-0.15, -0.1) is 0 Å². The van der Waals surface area contributed by atoms with Crippen LogP contribution in [0.4, 0.5) is 0 Å². The van der Waals surface area contributed by atoms with Crippen LogP contribution in [0.2, 0.25) is 0 Å². The van der Waals surface area contributed by atoms with Crippen LogP contribution in [-0.2, 0) is 0 Å². The molecule has 0 nitrogen and oxygen atoms in total. The van der Waals surface area contributed by atoms with Crippen molar-refractivity contribution in [2.45, 2.75) is 80.6 Å². The molecule has 0 bridgehead atoms. The maximum absolute atomic E-state index is 2.48. The van der Waals surface area contributed by atoms with Crippen LogP contribution in [0.3, 0.4) is 0 Å². The van der Waals surface area contributed by atoms with Crippen LogP contribution in [0, 0.1) is 28.6 Å². The van der Waals surface area contributed by atoms with Gasteiger partial charge in [0.25, 0.3) is 0 Å². The summed E-state index contributed by atoms with van der Waals surface area (Å²) in [6, 6.07) is 0. The second kappa shape index (κ2) is 5.33. The molecule has 0 amide bonds. The van der Waals surface area contributed by atoms with Crippen molar-refractivity contribution in [2.24, 2.45) is 28.6 Å². The summed E-state index contributed by atoms with van der Waals surface area (Å²) in [5.74, 6) is 2.76. The lowest BCUT2D eigenvalue weighted by Crippen LogP contribution is -2.29. The molecule has 2 unspecified atom stereocenters. The second-order valence-electron chi connectivity index (χ2n) is 8.63. The Kier molecular flexibility index (Phi) is 4.72. The number of hydrogen-bond donors (Lipinski definition) is 0. The van der Waals surface area contributed by atoms with Gasteiger partial charge in [0.2, 0.25) is 0 Å². The maximum atomic E-state index is 2.48. The van der Waals surface area contributed by atoms with E-state index in [1.807, 2.05) is 0 Å². The van der Waals surface area contributed by atoms with E-state index in [2.05, 4.69) is 48.5 Å². The van der Waals surface area contributed by atoms with Crippen LogP contribution in [0.25, 0.3) is 0 Å². The van der Waals surface area contributed by atoms with Crippen molar-refractivity contribution in [3.8, 4) is 0 Å². The fraction of sp³-hybridized carbons (Fsp3) is 1.00. The highest BCUT2D eigenvalue weighted by molar-refractivity contribution is 4.83. The van der Waals surface area contributed by atoms with Crippen LogP contribution in [0.15, 0.2) is 0 Å². The fourth-order valence-corrected chi connectivity index (χ4v) is 3.49. The summed E-state index contributed by atoms with van der Waals surface area (Å²) < 4.78 is 0. The fourth-order valence-electron chi connectivity index (χ4n) is 3.49. The highest BCUT2D eigenvalue weighted by Crippen LogP contribution is 2.43. The molecular weight excluding hydrogens is 204 g/mol. The minimum Gasteiger partial charge on any atom is -0.0625 e. The van der Waals surface area contributed by atoms with Crippen LogP contribution < -0.4 is 0 Å². The first kappa shape index (κ1) is 15.1. The minimum atomic E-state index is 0.503. The normalized spacial score (nSPS) is 33.0. The van der Waals surface area contributed by atoms with Crippen molar-refractivity contribution in [1.82, 2.24) is 0 Å². The standard InChI is InChI=1S/C17H34/c1-13-11-14(16(2,3)4)9-8-10-15(12-13)17(5,6)7/h13-15H,8-12H2,1-7H3. The molecule has 0 aromatic carbocycles. The van der Waals surface area contributed by atoms with Crippen molar-refractivity contribution in [2.75, 3.05) is 0 Å². The first-order valence-electron chi connectivity index (χ1n) is 7.60. The Morgan fingerprint density at radius 3 is 1.35 bits per heavy atom. The largest absolute Gasteiger partial charge is 0.0625 e. The molecule has 17 heavy (non-hydrogen) atoms. The zero-order chi connectivity index (χ0) is 13.3. The average Bonchev–Trinajstić information content (AvgIpc) is 2.06. The van der Waals surface area contributed by atoms with Crippen LogP contribution >= 0.6 is 0 Å². The van der Waals surface area contributed by atoms with Gasteiger partial charge in [0.1, 0.15) is 0 Å². The van der Waals surface area contributed by atoms with E-state index in [0.29, 0.717) is 10.8 Å².